The van der Waals surface area contributed by atoms with E-state index in [0.29, 0.717) is 17.3 Å². The van der Waals surface area contributed by atoms with Crippen LogP contribution in [-0.4, -0.2) is 15.2 Å². The molecule has 0 fully saturated rings. The third-order valence-corrected chi connectivity index (χ3v) is 4.18. The Morgan fingerprint density at radius 1 is 0.880 bits per heavy atom. The molecule has 0 saturated carbocycles. The van der Waals surface area contributed by atoms with Crippen molar-refractivity contribution in [3.05, 3.63) is 89.3 Å². The Kier molecular flexibility index (Phi) is 4.27. The second-order valence-electron chi connectivity index (χ2n) is 5.71. The first kappa shape index (κ1) is 15.5. The van der Waals surface area contributed by atoms with E-state index in [4.69, 9.17) is 11.6 Å². The van der Waals surface area contributed by atoms with Crippen LogP contribution in [0.4, 0.5) is 11.5 Å². The number of hydrogen-bond donors (Lipinski definition) is 1. The van der Waals surface area contributed by atoms with Gasteiger partial charge in [-0.05, 0) is 29.8 Å². The van der Waals surface area contributed by atoms with Crippen LogP contribution in [0.1, 0.15) is 11.3 Å². The summed E-state index contributed by atoms with van der Waals surface area (Å²) in [5.41, 5.74) is 2.92. The average Bonchev–Trinajstić information content (AvgIpc) is 2.65. The number of hydrogen-bond acceptors (Lipinski definition) is 4. The lowest BCUT2D eigenvalue weighted by molar-refractivity contribution is 0.958. The first-order chi connectivity index (χ1) is 12.3. The maximum atomic E-state index is 6.06. The van der Waals surface area contributed by atoms with E-state index < -0.39 is 0 Å². The molecule has 1 N–H and O–H groups in total. The van der Waals surface area contributed by atoms with Gasteiger partial charge in [-0.1, -0.05) is 48.0 Å². The zero-order valence-corrected chi connectivity index (χ0v) is 14.1. The lowest BCUT2D eigenvalue weighted by Gasteiger charge is -2.11. The molecule has 0 saturated heterocycles. The van der Waals surface area contributed by atoms with Crippen molar-refractivity contribution in [1.82, 2.24) is 15.2 Å². The number of nitrogens with zero attached hydrogens (tertiary/aromatic N) is 3. The molecule has 2 heterocycles. The summed E-state index contributed by atoms with van der Waals surface area (Å²) < 4.78 is 0. The molecule has 0 aliphatic rings. The van der Waals surface area contributed by atoms with Crippen LogP contribution in [0.25, 0.3) is 10.8 Å². The van der Waals surface area contributed by atoms with Crippen molar-refractivity contribution in [2.45, 2.75) is 6.42 Å². The van der Waals surface area contributed by atoms with Crippen LogP contribution >= 0.6 is 11.6 Å². The second kappa shape index (κ2) is 6.87. The van der Waals surface area contributed by atoms with E-state index in [1.165, 1.54) is 0 Å². The Hall–Kier alpha value is -2.98. The Balaban J connectivity index is 1.74. The molecule has 0 atom stereocenters. The molecule has 0 amide bonds. The molecule has 2 aromatic heterocycles. The first-order valence-corrected chi connectivity index (χ1v) is 8.33. The Morgan fingerprint density at radius 2 is 1.76 bits per heavy atom. The van der Waals surface area contributed by atoms with Gasteiger partial charge in [0.2, 0.25) is 0 Å². The van der Waals surface area contributed by atoms with Crippen molar-refractivity contribution < 1.29 is 0 Å². The van der Waals surface area contributed by atoms with Gasteiger partial charge in [0, 0.05) is 40.3 Å². The third-order valence-electron chi connectivity index (χ3n) is 3.95. The van der Waals surface area contributed by atoms with Crippen LogP contribution < -0.4 is 5.32 Å². The number of benzene rings is 2. The summed E-state index contributed by atoms with van der Waals surface area (Å²) in [6.45, 7) is 0. The van der Waals surface area contributed by atoms with Gasteiger partial charge in [0.05, 0.1) is 5.69 Å². The third kappa shape index (κ3) is 3.44. The molecule has 0 unspecified atom stereocenters. The molecule has 0 aliphatic carbocycles. The zero-order valence-electron chi connectivity index (χ0n) is 13.4. The zero-order chi connectivity index (χ0) is 17.1. The van der Waals surface area contributed by atoms with Crippen molar-refractivity contribution in [3.8, 4) is 0 Å². The fourth-order valence-electron chi connectivity index (χ4n) is 2.78. The maximum absolute atomic E-state index is 6.06. The lowest BCUT2D eigenvalue weighted by Crippen LogP contribution is -2.02. The number of nitrogens with one attached hydrogen (secondary N) is 1. The van der Waals surface area contributed by atoms with E-state index in [0.717, 1.165) is 27.7 Å². The summed E-state index contributed by atoms with van der Waals surface area (Å²) in [7, 11) is 0. The molecule has 0 spiro atoms. The van der Waals surface area contributed by atoms with Gasteiger partial charge < -0.3 is 5.32 Å². The molecule has 0 bridgehead atoms. The maximum Gasteiger partial charge on any atom is 0.160 e. The topological polar surface area (TPSA) is 50.7 Å². The summed E-state index contributed by atoms with van der Waals surface area (Å²) in [6, 6.07) is 19.7. The van der Waals surface area contributed by atoms with Crippen molar-refractivity contribution in [2.24, 2.45) is 0 Å². The molecule has 4 nitrogen and oxygen atoms in total. The fraction of sp³-hybridized carbons (Fsp3) is 0.0500. The van der Waals surface area contributed by atoms with E-state index >= 15 is 0 Å². The van der Waals surface area contributed by atoms with Gasteiger partial charge in [-0.15, -0.1) is 5.10 Å². The number of anilines is 2. The highest BCUT2D eigenvalue weighted by Gasteiger charge is 2.10. The number of rotatable bonds is 4. The number of aromatic nitrogens is 3. The van der Waals surface area contributed by atoms with E-state index in [1.54, 1.807) is 6.20 Å². The summed E-state index contributed by atoms with van der Waals surface area (Å²) >= 11 is 6.06. The monoisotopic (exact) mass is 346 g/mol. The van der Waals surface area contributed by atoms with E-state index in [9.17, 15) is 0 Å². The van der Waals surface area contributed by atoms with Gasteiger partial charge in [-0.25, -0.2) is 0 Å². The summed E-state index contributed by atoms with van der Waals surface area (Å²) in [5, 5.41) is 14.9. The summed E-state index contributed by atoms with van der Waals surface area (Å²) in [4.78, 5) is 4.17. The normalized spacial score (nSPS) is 10.8. The Morgan fingerprint density at radius 3 is 2.56 bits per heavy atom. The molecule has 4 rings (SSSR count). The van der Waals surface area contributed by atoms with E-state index in [2.05, 4.69) is 26.6 Å². The smallest absolute Gasteiger partial charge is 0.160 e. The second-order valence-corrected chi connectivity index (χ2v) is 6.15. The Labute approximate surface area is 150 Å². The van der Waals surface area contributed by atoms with Gasteiger partial charge in [-0.2, -0.15) is 5.10 Å². The molecule has 5 heteroatoms. The largest absolute Gasteiger partial charge is 0.338 e. The van der Waals surface area contributed by atoms with Crippen LogP contribution in [-0.2, 0) is 6.42 Å². The summed E-state index contributed by atoms with van der Waals surface area (Å²) in [6.07, 6.45) is 4.32. The van der Waals surface area contributed by atoms with Gasteiger partial charge in [-0.3, -0.25) is 4.98 Å². The minimum Gasteiger partial charge on any atom is -0.338 e. The standard InChI is InChI=1S/C20H15ClN4/c21-15-6-3-7-16(12-15)23-20-18-9-2-1-8-17(18)19(24-25-20)11-14-5-4-10-22-13-14/h1-10,12-13H,11H2,(H,23,25). The van der Waals surface area contributed by atoms with Crippen LogP contribution in [0.15, 0.2) is 73.1 Å². The highest BCUT2D eigenvalue weighted by Crippen LogP contribution is 2.27. The number of pyridine rings is 1. The quantitative estimate of drug-likeness (QED) is 0.564. The van der Waals surface area contributed by atoms with E-state index in [-0.39, 0.29) is 0 Å². The molecular weight excluding hydrogens is 332 g/mol. The minimum atomic E-state index is 0.676. The minimum absolute atomic E-state index is 0.676. The van der Waals surface area contributed by atoms with Gasteiger partial charge in [0.1, 0.15) is 0 Å². The summed E-state index contributed by atoms with van der Waals surface area (Å²) in [5.74, 6) is 0.716. The van der Waals surface area contributed by atoms with Crippen LogP contribution in [0.3, 0.4) is 0 Å². The van der Waals surface area contributed by atoms with Crippen molar-refractivity contribution >= 4 is 33.9 Å². The van der Waals surface area contributed by atoms with Crippen LogP contribution in [0.2, 0.25) is 5.02 Å². The van der Waals surface area contributed by atoms with Crippen LogP contribution in [0.5, 0.6) is 0 Å². The highest BCUT2D eigenvalue weighted by molar-refractivity contribution is 6.30. The van der Waals surface area contributed by atoms with Crippen molar-refractivity contribution in [1.29, 1.82) is 0 Å². The number of fused-ring (bicyclic) bond motifs is 1. The predicted molar refractivity (Wildman–Crippen MR) is 101 cm³/mol. The first-order valence-electron chi connectivity index (χ1n) is 7.95. The van der Waals surface area contributed by atoms with Crippen LogP contribution in [0, 0.1) is 0 Å². The Bertz CT molecular complexity index is 1020. The predicted octanol–water partition coefficient (Wildman–Crippen LogP) is 5.01. The van der Waals surface area contributed by atoms with Crippen molar-refractivity contribution in [2.75, 3.05) is 5.32 Å². The van der Waals surface area contributed by atoms with E-state index in [1.807, 2.05) is 60.8 Å². The average molecular weight is 347 g/mol. The fourth-order valence-corrected chi connectivity index (χ4v) is 2.97. The molecule has 0 radical (unpaired) electrons. The molecule has 25 heavy (non-hydrogen) atoms. The molecule has 4 aromatic rings. The van der Waals surface area contributed by atoms with Crippen molar-refractivity contribution in [3.63, 3.8) is 0 Å². The molecular formula is C20H15ClN4. The van der Waals surface area contributed by atoms with Gasteiger partial charge in [0.15, 0.2) is 5.82 Å². The highest BCUT2D eigenvalue weighted by atomic mass is 35.5. The van der Waals surface area contributed by atoms with Gasteiger partial charge >= 0.3 is 0 Å². The lowest BCUT2D eigenvalue weighted by atomic mass is 10.1. The molecule has 0 aliphatic heterocycles. The number of halogens is 1. The molecule has 122 valence electrons. The SMILES string of the molecule is Clc1cccc(Nc2nnc(Cc3cccnc3)c3ccccc23)c1. The molecule has 2 aromatic carbocycles. The van der Waals surface area contributed by atoms with Gasteiger partial charge in [0.25, 0.3) is 0 Å².